The second-order valence-electron chi connectivity index (χ2n) is 17.8. The van der Waals surface area contributed by atoms with Crippen LogP contribution in [0.2, 0.25) is 0 Å². The molecule has 0 amide bonds. The van der Waals surface area contributed by atoms with Gasteiger partial charge in [0.25, 0.3) is 7.82 Å². The Kier molecular flexibility index (Phi) is 31.9. The van der Waals surface area contributed by atoms with E-state index in [0.29, 0.717) is 30.3 Å². The van der Waals surface area contributed by atoms with Crippen LogP contribution in [0.5, 0.6) is 0 Å². The maximum absolute atomic E-state index is 12.9. The monoisotopic (exact) mass is 860 g/mol. The molecule has 0 aromatic rings. The van der Waals surface area contributed by atoms with E-state index in [1.165, 1.54) is 77.0 Å². The summed E-state index contributed by atoms with van der Waals surface area (Å²) in [5.41, 5.74) is 0. The van der Waals surface area contributed by atoms with Gasteiger partial charge in [-0.2, -0.15) is 0 Å². The Labute approximate surface area is 358 Å². The zero-order chi connectivity index (χ0) is 43.8. The first-order chi connectivity index (χ1) is 28.2. The Morgan fingerprint density at radius 1 is 0.780 bits per heavy atom. The molecule has 12 nitrogen and oxygen atoms in total. The summed E-state index contributed by atoms with van der Waals surface area (Å²) >= 11 is 0. The number of aliphatic hydroxyl groups excluding tert-OH is 3. The molecule has 1 aliphatic rings. The summed E-state index contributed by atoms with van der Waals surface area (Å²) in [6.07, 6.45) is 27.6. The molecule has 0 aromatic heterocycles. The molecular weight excluding hydrogens is 773 g/mol. The molecule has 1 aliphatic carbocycles. The van der Waals surface area contributed by atoms with Crippen molar-refractivity contribution in [3.05, 3.63) is 24.5 Å². The van der Waals surface area contributed by atoms with E-state index in [0.717, 1.165) is 38.5 Å². The van der Waals surface area contributed by atoms with Crippen LogP contribution in [-0.2, 0) is 32.7 Å². The average molecular weight is 860 g/mol. The number of phosphoric ester groups is 1. The predicted molar refractivity (Wildman–Crippen MR) is 233 cm³/mol. The van der Waals surface area contributed by atoms with Gasteiger partial charge in [-0.25, -0.2) is 0 Å². The summed E-state index contributed by atoms with van der Waals surface area (Å²) in [5.74, 6) is -1.50. The van der Waals surface area contributed by atoms with Gasteiger partial charge in [0, 0.05) is 37.5 Å². The lowest BCUT2D eigenvalue weighted by molar-refractivity contribution is -0.870. The van der Waals surface area contributed by atoms with Gasteiger partial charge in [0.15, 0.2) is 6.10 Å². The Morgan fingerprint density at radius 3 is 1.97 bits per heavy atom. The quantitative estimate of drug-likeness (QED) is 0.0135. The van der Waals surface area contributed by atoms with Gasteiger partial charge >= 0.3 is 5.97 Å². The SMILES string of the molecule is CCCCCCCCCCCCCCCC/C=C/OC[C@H](COP(=O)([O-])OCC[N+](C)(C)C)OC(=O)CCCCC(=O)C[C@@H]1[C@@H](/C=C/[C@@H](O)CCCCC)[C@H](O)C[C@@H]1O. The minimum atomic E-state index is -4.65. The van der Waals surface area contributed by atoms with Crippen molar-refractivity contribution < 1.29 is 57.4 Å². The van der Waals surface area contributed by atoms with Gasteiger partial charge in [-0.3, -0.25) is 14.2 Å². The fourth-order valence-electron chi connectivity index (χ4n) is 7.33. The Morgan fingerprint density at radius 2 is 1.36 bits per heavy atom. The van der Waals surface area contributed by atoms with Crippen LogP contribution in [0.25, 0.3) is 0 Å². The number of quaternary nitrogens is 1. The topological polar surface area (TPSA) is 172 Å². The number of ketones is 1. The molecule has 59 heavy (non-hydrogen) atoms. The van der Waals surface area contributed by atoms with Crippen LogP contribution in [0.4, 0.5) is 0 Å². The Balaban J connectivity index is 2.48. The van der Waals surface area contributed by atoms with Crippen molar-refractivity contribution in [3.8, 4) is 0 Å². The molecule has 0 radical (unpaired) electrons. The van der Waals surface area contributed by atoms with E-state index in [9.17, 15) is 34.4 Å². The minimum Gasteiger partial charge on any atom is -0.756 e. The highest BCUT2D eigenvalue weighted by Crippen LogP contribution is 2.39. The number of Topliss-reactive ketones (excluding diaryl/α,β-unsaturated/α-hetero) is 1. The van der Waals surface area contributed by atoms with Gasteiger partial charge in [0.2, 0.25) is 0 Å². The number of carbonyl (C=O) groups excluding carboxylic acids is 2. The standard InChI is InChI=1S/C46H86NO11P/c1-6-8-10-11-12-13-14-15-16-17-18-19-20-21-22-26-33-55-37-41(38-57-59(53,54)56-34-32-47(3,4)5)58-46(52)29-25-24-28-40(49)35-43-42(44(50)36-45(43)51)31-30-39(48)27-23-9-7-2/h26,30-31,33,39,41-45,48,50-51H,6-25,27-29,32,34-38H2,1-5H3/b31-30+,33-26+/t39-,41+,42+,43+,44+,45-/m0/s1. The minimum absolute atomic E-state index is 0.0137. The smallest absolute Gasteiger partial charge is 0.306 e. The first-order valence-electron chi connectivity index (χ1n) is 23.3. The molecule has 0 aromatic carbocycles. The van der Waals surface area contributed by atoms with Crippen molar-refractivity contribution in [1.82, 2.24) is 0 Å². The Bertz CT molecular complexity index is 1180. The third-order valence-electron chi connectivity index (χ3n) is 11.1. The predicted octanol–water partition coefficient (Wildman–Crippen LogP) is 8.88. The van der Waals surface area contributed by atoms with Gasteiger partial charge in [-0.15, -0.1) is 0 Å². The second-order valence-corrected chi connectivity index (χ2v) is 19.2. The number of phosphoric acid groups is 1. The van der Waals surface area contributed by atoms with Crippen LogP contribution < -0.4 is 4.89 Å². The number of rotatable bonds is 39. The summed E-state index contributed by atoms with van der Waals surface area (Å²) in [7, 11) is 1.10. The number of esters is 1. The maximum Gasteiger partial charge on any atom is 0.306 e. The lowest BCUT2D eigenvalue weighted by atomic mass is 9.87. The zero-order valence-corrected chi connectivity index (χ0v) is 38.7. The van der Waals surface area contributed by atoms with E-state index in [-0.39, 0.29) is 44.7 Å². The zero-order valence-electron chi connectivity index (χ0n) is 37.8. The summed E-state index contributed by atoms with van der Waals surface area (Å²) in [4.78, 5) is 38.1. The second kappa shape index (κ2) is 33.9. The van der Waals surface area contributed by atoms with E-state index in [2.05, 4.69) is 13.8 Å². The van der Waals surface area contributed by atoms with Crippen molar-refractivity contribution >= 4 is 19.6 Å². The van der Waals surface area contributed by atoms with Crippen LogP contribution in [0.3, 0.4) is 0 Å². The fraction of sp³-hybridized carbons (Fsp3) is 0.870. The molecule has 1 rings (SSSR count). The fourth-order valence-corrected chi connectivity index (χ4v) is 8.06. The normalized spacial score (nSPS) is 20.6. The largest absolute Gasteiger partial charge is 0.756 e. The van der Waals surface area contributed by atoms with E-state index in [1.54, 1.807) is 18.4 Å². The van der Waals surface area contributed by atoms with Crippen LogP contribution in [-0.4, -0.2) is 103 Å². The maximum atomic E-state index is 12.9. The number of hydrogen-bond donors (Lipinski definition) is 3. The number of carbonyl (C=O) groups is 2. The summed E-state index contributed by atoms with van der Waals surface area (Å²) in [5, 5.41) is 31.4. The molecule has 0 spiro atoms. The van der Waals surface area contributed by atoms with Gasteiger partial charge in [0.05, 0.1) is 52.3 Å². The number of ether oxygens (including phenoxy) is 2. The van der Waals surface area contributed by atoms with Crippen LogP contribution >= 0.6 is 7.82 Å². The third-order valence-corrected chi connectivity index (χ3v) is 12.0. The summed E-state index contributed by atoms with van der Waals surface area (Å²) in [6, 6.07) is 0. The summed E-state index contributed by atoms with van der Waals surface area (Å²) in [6.45, 7) is 4.20. The first-order valence-corrected chi connectivity index (χ1v) is 24.7. The lowest BCUT2D eigenvalue weighted by Gasteiger charge is -2.28. The van der Waals surface area contributed by atoms with E-state index in [4.69, 9.17) is 18.5 Å². The third kappa shape index (κ3) is 31.0. The number of likely N-dealkylation sites (N-methyl/N-ethyl adjacent to an activating group) is 1. The lowest BCUT2D eigenvalue weighted by Crippen LogP contribution is -2.37. The highest BCUT2D eigenvalue weighted by Gasteiger charge is 2.41. The summed E-state index contributed by atoms with van der Waals surface area (Å²) < 4.78 is 34.2. The van der Waals surface area contributed by atoms with Gasteiger partial charge in [-0.1, -0.05) is 129 Å². The van der Waals surface area contributed by atoms with Crippen molar-refractivity contribution in [3.63, 3.8) is 0 Å². The number of allylic oxidation sites excluding steroid dienone is 1. The van der Waals surface area contributed by atoms with Gasteiger partial charge < -0.3 is 43.2 Å². The average Bonchev–Trinajstić information content (AvgIpc) is 3.43. The molecule has 7 atom stereocenters. The number of aliphatic hydroxyl groups is 3. The molecule has 0 bridgehead atoms. The molecule has 3 N–H and O–H groups in total. The van der Waals surface area contributed by atoms with Crippen molar-refractivity contribution in [2.75, 3.05) is 47.5 Å². The van der Waals surface area contributed by atoms with Crippen molar-refractivity contribution in [2.45, 2.75) is 199 Å². The molecule has 1 saturated carbocycles. The molecule has 1 fully saturated rings. The number of hydrogen-bond acceptors (Lipinski definition) is 11. The van der Waals surface area contributed by atoms with E-state index >= 15 is 0 Å². The first kappa shape index (κ1) is 55.4. The van der Waals surface area contributed by atoms with E-state index < -0.39 is 56.7 Å². The molecule has 346 valence electrons. The highest BCUT2D eigenvalue weighted by atomic mass is 31.2. The van der Waals surface area contributed by atoms with Crippen molar-refractivity contribution in [1.29, 1.82) is 0 Å². The molecule has 13 heteroatoms. The van der Waals surface area contributed by atoms with Gasteiger partial charge in [0.1, 0.15) is 25.5 Å². The van der Waals surface area contributed by atoms with Crippen LogP contribution in [0.15, 0.2) is 24.5 Å². The number of nitrogens with zero attached hydrogens (tertiary/aromatic N) is 1. The van der Waals surface area contributed by atoms with Crippen LogP contribution in [0, 0.1) is 11.8 Å². The van der Waals surface area contributed by atoms with Crippen LogP contribution in [0.1, 0.15) is 174 Å². The van der Waals surface area contributed by atoms with E-state index in [1.807, 2.05) is 27.2 Å². The molecular formula is C46H86NO11P. The Hall–Kier alpha value is -1.63. The van der Waals surface area contributed by atoms with Crippen molar-refractivity contribution in [2.24, 2.45) is 11.8 Å². The molecule has 0 heterocycles. The highest BCUT2D eigenvalue weighted by molar-refractivity contribution is 7.45. The molecule has 0 saturated heterocycles. The van der Waals surface area contributed by atoms with Gasteiger partial charge in [-0.05, 0) is 38.2 Å². The molecule has 1 unspecified atom stereocenters. The molecule has 0 aliphatic heterocycles. The number of unbranched alkanes of at least 4 members (excludes halogenated alkanes) is 17.